The molecule has 0 aliphatic heterocycles. The van der Waals surface area contributed by atoms with E-state index in [9.17, 15) is 0 Å². The molecule has 2 aromatic rings. The summed E-state index contributed by atoms with van der Waals surface area (Å²) in [4.78, 5) is 4.10. The van der Waals surface area contributed by atoms with Gasteiger partial charge in [-0.05, 0) is 65.0 Å². The number of pyridine rings is 1. The molecule has 19 heavy (non-hydrogen) atoms. The molecule has 1 heterocycles. The molecule has 0 unspecified atom stereocenters. The van der Waals surface area contributed by atoms with Gasteiger partial charge in [-0.15, -0.1) is 0 Å². The summed E-state index contributed by atoms with van der Waals surface area (Å²) >= 11 is 9.46. The Bertz CT molecular complexity index is 611. The van der Waals surface area contributed by atoms with Gasteiger partial charge in [-0.1, -0.05) is 23.7 Å². The molecule has 2 rings (SSSR count). The van der Waals surface area contributed by atoms with Crippen LogP contribution in [0, 0.1) is 20.8 Å². The van der Waals surface area contributed by atoms with Crippen molar-refractivity contribution in [2.45, 2.75) is 27.3 Å². The highest BCUT2D eigenvalue weighted by Gasteiger charge is 2.05. The van der Waals surface area contributed by atoms with Crippen molar-refractivity contribution in [3.05, 3.63) is 56.3 Å². The first kappa shape index (κ1) is 14.4. The SMILES string of the molecule is Cc1cc(C)c(CNc2cc(Br)cnc2Cl)cc1C. The van der Waals surface area contributed by atoms with Gasteiger partial charge in [0.05, 0.1) is 5.69 Å². The van der Waals surface area contributed by atoms with E-state index in [1.807, 2.05) is 6.07 Å². The minimum atomic E-state index is 0.490. The van der Waals surface area contributed by atoms with Gasteiger partial charge in [0, 0.05) is 17.2 Å². The van der Waals surface area contributed by atoms with E-state index < -0.39 is 0 Å². The molecule has 0 spiro atoms. The Morgan fingerprint density at radius 2 is 1.79 bits per heavy atom. The highest BCUT2D eigenvalue weighted by atomic mass is 79.9. The number of anilines is 1. The van der Waals surface area contributed by atoms with Crippen molar-refractivity contribution in [3.63, 3.8) is 0 Å². The molecule has 0 aliphatic rings. The van der Waals surface area contributed by atoms with E-state index in [-0.39, 0.29) is 0 Å². The Kier molecular flexibility index (Phi) is 4.48. The van der Waals surface area contributed by atoms with Gasteiger partial charge in [0.15, 0.2) is 5.15 Å². The number of aromatic nitrogens is 1. The minimum absolute atomic E-state index is 0.490. The highest BCUT2D eigenvalue weighted by Crippen LogP contribution is 2.24. The van der Waals surface area contributed by atoms with E-state index in [2.05, 4.69) is 59.1 Å². The zero-order chi connectivity index (χ0) is 14.0. The Morgan fingerprint density at radius 1 is 1.11 bits per heavy atom. The smallest absolute Gasteiger partial charge is 0.152 e. The van der Waals surface area contributed by atoms with E-state index in [1.165, 1.54) is 22.3 Å². The van der Waals surface area contributed by atoms with Crippen LogP contribution in [0.15, 0.2) is 28.9 Å². The molecule has 1 aromatic heterocycles. The van der Waals surface area contributed by atoms with Gasteiger partial charge in [0.25, 0.3) is 0 Å². The number of halogens is 2. The minimum Gasteiger partial charge on any atom is -0.378 e. The van der Waals surface area contributed by atoms with Crippen molar-refractivity contribution in [2.24, 2.45) is 0 Å². The van der Waals surface area contributed by atoms with Crippen LogP contribution in [0.3, 0.4) is 0 Å². The third-order valence-corrected chi connectivity index (χ3v) is 3.96. The van der Waals surface area contributed by atoms with Gasteiger partial charge in [-0.3, -0.25) is 0 Å². The lowest BCUT2D eigenvalue weighted by molar-refractivity contribution is 1.09. The molecular weight excluding hydrogens is 324 g/mol. The summed E-state index contributed by atoms with van der Waals surface area (Å²) in [5, 5.41) is 3.82. The first-order valence-electron chi connectivity index (χ1n) is 6.09. The third kappa shape index (κ3) is 3.48. The number of aryl methyl sites for hydroxylation is 3. The summed E-state index contributed by atoms with van der Waals surface area (Å²) < 4.78 is 0.913. The molecule has 100 valence electrons. The molecule has 0 aliphatic carbocycles. The van der Waals surface area contributed by atoms with Crippen molar-refractivity contribution in [2.75, 3.05) is 5.32 Å². The number of hydrogen-bond acceptors (Lipinski definition) is 2. The maximum Gasteiger partial charge on any atom is 0.152 e. The van der Waals surface area contributed by atoms with Crippen molar-refractivity contribution >= 4 is 33.2 Å². The van der Waals surface area contributed by atoms with Gasteiger partial charge >= 0.3 is 0 Å². The second-order valence-corrected chi connectivity index (χ2v) is 5.98. The summed E-state index contributed by atoms with van der Waals surface area (Å²) in [5.41, 5.74) is 6.03. The van der Waals surface area contributed by atoms with Crippen molar-refractivity contribution in [3.8, 4) is 0 Å². The van der Waals surface area contributed by atoms with Gasteiger partial charge in [-0.25, -0.2) is 4.98 Å². The van der Waals surface area contributed by atoms with Crippen LogP contribution in [0.4, 0.5) is 5.69 Å². The molecule has 0 saturated heterocycles. The molecule has 0 bridgehead atoms. The number of nitrogens with one attached hydrogen (secondary N) is 1. The lowest BCUT2D eigenvalue weighted by Gasteiger charge is -2.12. The summed E-state index contributed by atoms with van der Waals surface area (Å²) in [6.45, 7) is 7.13. The summed E-state index contributed by atoms with van der Waals surface area (Å²) in [7, 11) is 0. The standard InChI is InChI=1S/C15H16BrClN2/c1-9-4-11(3)12(5-10(9)2)7-18-14-6-13(16)8-19-15(14)17/h4-6,8,18H,7H2,1-3H3. The predicted molar refractivity (Wildman–Crippen MR) is 84.9 cm³/mol. The molecule has 0 fully saturated rings. The molecule has 4 heteroatoms. The second-order valence-electron chi connectivity index (χ2n) is 4.71. The Morgan fingerprint density at radius 3 is 2.53 bits per heavy atom. The largest absolute Gasteiger partial charge is 0.378 e. The fourth-order valence-electron chi connectivity index (χ4n) is 1.95. The first-order chi connectivity index (χ1) is 8.97. The molecule has 0 radical (unpaired) electrons. The maximum atomic E-state index is 6.06. The summed E-state index contributed by atoms with van der Waals surface area (Å²) in [6.07, 6.45) is 1.69. The van der Waals surface area contributed by atoms with Crippen LogP contribution >= 0.6 is 27.5 Å². The van der Waals surface area contributed by atoms with Gasteiger partial charge in [-0.2, -0.15) is 0 Å². The van der Waals surface area contributed by atoms with E-state index >= 15 is 0 Å². The molecule has 0 amide bonds. The fourth-order valence-corrected chi connectivity index (χ4v) is 2.45. The van der Waals surface area contributed by atoms with Crippen LogP contribution in [0.5, 0.6) is 0 Å². The average molecular weight is 340 g/mol. The number of benzene rings is 1. The fraction of sp³-hybridized carbons (Fsp3) is 0.267. The van der Waals surface area contributed by atoms with Crippen LogP contribution in [0.2, 0.25) is 5.15 Å². The summed E-state index contributed by atoms with van der Waals surface area (Å²) in [5.74, 6) is 0. The van der Waals surface area contributed by atoms with Crippen molar-refractivity contribution in [1.29, 1.82) is 0 Å². The van der Waals surface area contributed by atoms with Crippen LogP contribution < -0.4 is 5.32 Å². The van der Waals surface area contributed by atoms with E-state index in [1.54, 1.807) is 6.20 Å². The summed E-state index contributed by atoms with van der Waals surface area (Å²) in [6, 6.07) is 6.37. The normalized spacial score (nSPS) is 10.6. The van der Waals surface area contributed by atoms with Gasteiger partial charge < -0.3 is 5.32 Å². The van der Waals surface area contributed by atoms with Crippen LogP contribution in [0.25, 0.3) is 0 Å². The molecule has 0 atom stereocenters. The van der Waals surface area contributed by atoms with Crippen molar-refractivity contribution in [1.82, 2.24) is 4.98 Å². The van der Waals surface area contributed by atoms with Crippen LogP contribution in [-0.2, 0) is 6.54 Å². The monoisotopic (exact) mass is 338 g/mol. The lowest BCUT2D eigenvalue weighted by atomic mass is 10.0. The Balaban J connectivity index is 2.19. The molecule has 1 N–H and O–H groups in total. The van der Waals surface area contributed by atoms with E-state index in [0.29, 0.717) is 5.15 Å². The zero-order valence-electron chi connectivity index (χ0n) is 11.2. The Labute approximate surface area is 127 Å². The van der Waals surface area contributed by atoms with Crippen LogP contribution in [0.1, 0.15) is 22.3 Å². The van der Waals surface area contributed by atoms with E-state index in [0.717, 1.165) is 16.7 Å². The van der Waals surface area contributed by atoms with E-state index in [4.69, 9.17) is 11.6 Å². The maximum absolute atomic E-state index is 6.06. The zero-order valence-corrected chi connectivity index (χ0v) is 13.6. The molecule has 2 nitrogen and oxygen atoms in total. The third-order valence-electron chi connectivity index (χ3n) is 3.23. The lowest BCUT2D eigenvalue weighted by Crippen LogP contribution is -2.03. The molecule has 0 saturated carbocycles. The van der Waals surface area contributed by atoms with Crippen LogP contribution in [-0.4, -0.2) is 4.98 Å². The quantitative estimate of drug-likeness (QED) is 0.793. The molecular formula is C15H16BrClN2. The Hall–Kier alpha value is -1.06. The average Bonchev–Trinajstić information content (AvgIpc) is 2.36. The predicted octanol–water partition coefficient (Wildman–Crippen LogP) is 5.03. The number of nitrogens with zero attached hydrogens (tertiary/aromatic N) is 1. The number of rotatable bonds is 3. The number of hydrogen-bond donors (Lipinski definition) is 1. The topological polar surface area (TPSA) is 24.9 Å². The van der Waals surface area contributed by atoms with Gasteiger partial charge in [0.1, 0.15) is 0 Å². The first-order valence-corrected chi connectivity index (χ1v) is 7.26. The second kappa shape index (κ2) is 5.93. The highest BCUT2D eigenvalue weighted by molar-refractivity contribution is 9.10. The van der Waals surface area contributed by atoms with Crippen molar-refractivity contribution < 1.29 is 0 Å². The molecule has 1 aromatic carbocycles. The van der Waals surface area contributed by atoms with Gasteiger partial charge in [0.2, 0.25) is 0 Å².